The number of hydrogen-bond acceptors (Lipinski definition) is 4. The van der Waals surface area contributed by atoms with E-state index in [0.717, 1.165) is 35.4 Å². The predicted molar refractivity (Wildman–Crippen MR) is 137 cm³/mol. The lowest BCUT2D eigenvalue weighted by molar-refractivity contribution is -0.137. The number of hydrogen-bond donors (Lipinski definition) is 0. The van der Waals surface area contributed by atoms with Crippen LogP contribution in [-0.2, 0) is 20.9 Å². The Morgan fingerprint density at radius 3 is 1.73 bits per heavy atom. The Kier molecular flexibility index (Phi) is 8.83. The molecular formula is C26H25Cl2F3N2O3S. The van der Waals surface area contributed by atoms with Gasteiger partial charge in [0.2, 0.25) is 10.0 Å². The van der Waals surface area contributed by atoms with Crippen LogP contribution < -0.4 is 0 Å². The zero-order valence-corrected chi connectivity index (χ0v) is 22.0. The van der Waals surface area contributed by atoms with E-state index in [1.54, 1.807) is 24.3 Å². The van der Waals surface area contributed by atoms with Gasteiger partial charge < -0.3 is 4.74 Å². The van der Waals surface area contributed by atoms with Crippen LogP contribution in [0.15, 0.2) is 77.7 Å². The Hall–Kier alpha value is -2.14. The maximum atomic E-state index is 12.9. The summed E-state index contributed by atoms with van der Waals surface area (Å²) >= 11 is 12.1. The Morgan fingerprint density at radius 2 is 1.27 bits per heavy atom. The number of halogens is 5. The van der Waals surface area contributed by atoms with Gasteiger partial charge >= 0.3 is 6.18 Å². The molecule has 1 fully saturated rings. The second kappa shape index (κ2) is 11.7. The van der Waals surface area contributed by atoms with Crippen molar-refractivity contribution >= 4 is 33.2 Å². The molecule has 5 nitrogen and oxygen atoms in total. The lowest BCUT2D eigenvalue weighted by atomic mass is 10.0. The van der Waals surface area contributed by atoms with Crippen molar-refractivity contribution in [3.8, 4) is 0 Å². The fourth-order valence-electron chi connectivity index (χ4n) is 4.12. The first-order valence-electron chi connectivity index (χ1n) is 11.6. The molecule has 0 unspecified atom stereocenters. The van der Waals surface area contributed by atoms with Gasteiger partial charge in [0.15, 0.2) is 0 Å². The third kappa shape index (κ3) is 7.04. The molecule has 0 N–H and O–H groups in total. The predicted octanol–water partition coefficient (Wildman–Crippen LogP) is 6.12. The fraction of sp³-hybridized carbons (Fsp3) is 0.308. The first-order valence-corrected chi connectivity index (χ1v) is 13.8. The molecule has 0 spiro atoms. The molecule has 0 radical (unpaired) electrons. The van der Waals surface area contributed by atoms with Gasteiger partial charge in [-0.25, -0.2) is 8.42 Å². The van der Waals surface area contributed by atoms with Gasteiger partial charge in [0, 0.05) is 42.8 Å². The van der Waals surface area contributed by atoms with E-state index >= 15 is 0 Å². The highest BCUT2D eigenvalue weighted by molar-refractivity contribution is 7.89. The SMILES string of the molecule is O=S(=O)(c1ccc(C(F)(F)F)cc1)N1CCN(CCOC(c2ccc(Cl)cc2)c2ccc(Cl)cc2)CC1. The zero-order chi connectivity index (χ0) is 26.6. The van der Waals surface area contributed by atoms with Gasteiger partial charge in [-0.15, -0.1) is 0 Å². The Labute approximate surface area is 224 Å². The standard InChI is InChI=1S/C26H25Cl2F3N2O3S/c27-22-7-1-19(2-8-22)25(20-3-9-23(28)10-4-20)36-18-17-32-13-15-33(16-14-32)37(34,35)24-11-5-21(6-12-24)26(29,30)31/h1-12,25H,13-18H2. The van der Waals surface area contributed by atoms with Crippen molar-refractivity contribution in [2.24, 2.45) is 0 Å². The average molecular weight is 573 g/mol. The Balaban J connectivity index is 1.34. The molecule has 0 atom stereocenters. The van der Waals surface area contributed by atoms with Gasteiger partial charge in [-0.05, 0) is 59.7 Å². The van der Waals surface area contributed by atoms with Crippen LogP contribution in [0.5, 0.6) is 0 Å². The Bertz CT molecular complexity index is 1230. The van der Waals surface area contributed by atoms with Crippen LogP contribution in [0, 0.1) is 0 Å². The summed E-state index contributed by atoms with van der Waals surface area (Å²) in [6.07, 6.45) is -4.84. The zero-order valence-electron chi connectivity index (χ0n) is 19.7. The number of sulfonamides is 1. The average Bonchev–Trinajstić information content (AvgIpc) is 2.88. The molecule has 1 aliphatic rings. The number of nitrogens with zero attached hydrogens (tertiary/aromatic N) is 2. The van der Waals surface area contributed by atoms with E-state index in [9.17, 15) is 21.6 Å². The van der Waals surface area contributed by atoms with Crippen molar-refractivity contribution < 1.29 is 26.3 Å². The van der Waals surface area contributed by atoms with Crippen molar-refractivity contribution in [1.82, 2.24) is 9.21 Å². The molecule has 1 saturated heterocycles. The summed E-state index contributed by atoms with van der Waals surface area (Å²) in [5, 5.41) is 1.26. The van der Waals surface area contributed by atoms with Crippen molar-refractivity contribution in [2.45, 2.75) is 17.2 Å². The molecule has 0 bridgehead atoms. The minimum Gasteiger partial charge on any atom is -0.367 e. The van der Waals surface area contributed by atoms with Crippen LogP contribution in [0.1, 0.15) is 22.8 Å². The first-order chi connectivity index (χ1) is 17.5. The summed E-state index contributed by atoms with van der Waals surface area (Å²) in [5.74, 6) is 0. The molecule has 0 amide bonds. The molecule has 0 aromatic heterocycles. The highest BCUT2D eigenvalue weighted by Crippen LogP contribution is 2.31. The van der Waals surface area contributed by atoms with Crippen LogP contribution >= 0.6 is 23.2 Å². The van der Waals surface area contributed by atoms with E-state index < -0.39 is 21.8 Å². The maximum Gasteiger partial charge on any atom is 0.416 e. The molecule has 0 aliphatic carbocycles. The molecule has 3 aromatic carbocycles. The summed E-state index contributed by atoms with van der Waals surface area (Å²) in [7, 11) is -3.87. The normalized spacial score (nSPS) is 15.8. The monoisotopic (exact) mass is 572 g/mol. The molecule has 1 aliphatic heterocycles. The van der Waals surface area contributed by atoms with E-state index in [-0.39, 0.29) is 24.1 Å². The van der Waals surface area contributed by atoms with Gasteiger partial charge in [-0.3, -0.25) is 4.90 Å². The van der Waals surface area contributed by atoms with E-state index in [1.807, 2.05) is 24.3 Å². The maximum absolute atomic E-state index is 12.9. The molecule has 198 valence electrons. The summed E-state index contributed by atoms with van der Waals surface area (Å²) in [6.45, 7) is 2.43. The lowest BCUT2D eigenvalue weighted by Gasteiger charge is -2.34. The number of benzene rings is 3. The van der Waals surface area contributed by atoms with Gasteiger partial charge in [0.1, 0.15) is 6.10 Å². The van der Waals surface area contributed by atoms with E-state index in [4.69, 9.17) is 27.9 Å². The molecule has 37 heavy (non-hydrogen) atoms. The second-order valence-corrected chi connectivity index (χ2v) is 11.4. The summed E-state index contributed by atoms with van der Waals surface area (Å²) in [5.41, 5.74) is 1.00. The molecule has 0 saturated carbocycles. The van der Waals surface area contributed by atoms with Gasteiger partial charge in [0.05, 0.1) is 17.1 Å². The van der Waals surface area contributed by atoms with Crippen molar-refractivity contribution in [1.29, 1.82) is 0 Å². The van der Waals surface area contributed by atoms with E-state index in [2.05, 4.69) is 4.90 Å². The molecule has 11 heteroatoms. The van der Waals surface area contributed by atoms with Gasteiger partial charge in [-0.1, -0.05) is 47.5 Å². The minimum absolute atomic E-state index is 0.147. The van der Waals surface area contributed by atoms with Crippen LogP contribution in [0.2, 0.25) is 10.0 Å². The van der Waals surface area contributed by atoms with Crippen LogP contribution in [0.4, 0.5) is 13.2 Å². The smallest absolute Gasteiger partial charge is 0.367 e. The second-order valence-electron chi connectivity index (χ2n) is 8.62. The van der Waals surface area contributed by atoms with Crippen molar-refractivity contribution in [2.75, 3.05) is 39.3 Å². The number of alkyl halides is 3. The highest BCUT2D eigenvalue weighted by Gasteiger charge is 2.32. The van der Waals surface area contributed by atoms with E-state index in [1.165, 1.54) is 4.31 Å². The summed E-state index contributed by atoms with van der Waals surface area (Å²) in [4.78, 5) is 1.95. The Morgan fingerprint density at radius 1 is 0.784 bits per heavy atom. The largest absolute Gasteiger partial charge is 0.416 e. The van der Waals surface area contributed by atoms with Crippen LogP contribution in [-0.4, -0.2) is 57.0 Å². The van der Waals surface area contributed by atoms with Gasteiger partial charge in [0.25, 0.3) is 0 Å². The number of rotatable bonds is 8. The molecule has 4 rings (SSSR count). The quantitative estimate of drug-likeness (QED) is 0.326. The molecule has 3 aromatic rings. The lowest BCUT2D eigenvalue weighted by Crippen LogP contribution is -2.49. The van der Waals surface area contributed by atoms with Gasteiger partial charge in [-0.2, -0.15) is 17.5 Å². The van der Waals surface area contributed by atoms with E-state index in [0.29, 0.717) is 36.3 Å². The first kappa shape index (κ1) is 27.9. The van der Waals surface area contributed by atoms with Crippen LogP contribution in [0.3, 0.4) is 0 Å². The van der Waals surface area contributed by atoms with Crippen molar-refractivity contribution in [3.63, 3.8) is 0 Å². The summed E-state index contributed by atoms with van der Waals surface area (Å²) in [6, 6.07) is 18.4. The molecule has 1 heterocycles. The van der Waals surface area contributed by atoms with Crippen LogP contribution in [0.25, 0.3) is 0 Å². The number of ether oxygens (including phenoxy) is 1. The van der Waals surface area contributed by atoms with Crippen molar-refractivity contribution in [3.05, 3.63) is 99.5 Å². The third-order valence-corrected chi connectivity index (χ3v) is 8.61. The fourth-order valence-corrected chi connectivity index (χ4v) is 5.79. The topological polar surface area (TPSA) is 49.9 Å². The highest BCUT2D eigenvalue weighted by atomic mass is 35.5. The third-order valence-electron chi connectivity index (χ3n) is 6.19. The minimum atomic E-state index is -4.52. The summed E-state index contributed by atoms with van der Waals surface area (Å²) < 4.78 is 71.8. The molecular weight excluding hydrogens is 548 g/mol. The number of piperazine rings is 1.